The van der Waals surface area contributed by atoms with Gasteiger partial charge >= 0.3 is 6.09 Å². The maximum absolute atomic E-state index is 11.8. The van der Waals surface area contributed by atoms with E-state index in [0.29, 0.717) is 19.7 Å². The van der Waals surface area contributed by atoms with Crippen LogP contribution in [-0.2, 0) is 16.1 Å². The molecule has 0 atom stereocenters. The smallest absolute Gasteiger partial charge is 0.410 e. The van der Waals surface area contributed by atoms with E-state index in [0.717, 1.165) is 24.7 Å². The first kappa shape index (κ1) is 16.2. The third-order valence-electron chi connectivity index (χ3n) is 3.20. The molecule has 0 saturated carbocycles. The van der Waals surface area contributed by atoms with Gasteiger partial charge in [0.2, 0.25) is 0 Å². The normalized spacial score (nSPS) is 15.0. The van der Waals surface area contributed by atoms with Crippen LogP contribution in [0.25, 0.3) is 0 Å². The average Bonchev–Trinajstić information content (AvgIpc) is 2.55. The Balaban J connectivity index is 0.000000956. The molecule has 4 nitrogen and oxygen atoms in total. The second-order valence-electron chi connectivity index (χ2n) is 4.50. The van der Waals surface area contributed by atoms with E-state index in [4.69, 9.17) is 4.74 Å². The van der Waals surface area contributed by atoms with Crippen LogP contribution in [0, 0.1) is 5.92 Å². The molecule has 0 aromatic heterocycles. The number of carbonyl (C=O) groups is 2. The van der Waals surface area contributed by atoms with Gasteiger partial charge in [-0.15, -0.1) is 0 Å². The van der Waals surface area contributed by atoms with E-state index in [9.17, 15) is 9.59 Å². The Hall–Kier alpha value is -1.84. The summed E-state index contributed by atoms with van der Waals surface area (Å²) in [6.07, 6.45) is 2.17. The van der Waals surface area contributed by atoms with Gasteiger partial charge in [-0.3, -0.25) is 0 Å². The average molecular weight is 277 g/mol. The predicted molar refractivity (Wildman–Crippen MR) is 78.3 cm³/mol. The largest absolute Gasteiger partial charge is 0.445 e. The standard InChI is InChI=1S/C14H17NO3.C2H6/c16-10-12-6-8-15(9-7-12)14(17)18-11-13-4-2-1-3-5-13;1-2/h1-5,10,12H,6-9,11H2;1-2H3. The SMILES string of the molecule is CC.O=CC1CCN(C(=O)OCc2ccccc2)CC1. The maximum Gasteiger partial charge on any atom is 0.410 e. The topological polar surface area (TPSA) is 46.6 Å². The number of benzene rings is 1. The van der Waals surface area contributed by atoms with Crippen molar-refractivity contribution in [2.24, 2.45) is 5.92 Å². The van der Waals surface area contributed by atoms with Crippen molar-refractivity contribution in [3.8, 4) is 0 Å². The number of amides is 1. The summed E-state index contributed by atoms with van der Waals surface area (Å²) in [6.45, 7) is 5.52. The zero-order chi connectivity index (χ0) is 14.8. The molecule has 0 radical (unpaired) electrons. The number of aldehydes is 1. The number of likely N-dealkylation sites (tertiary alicyclic amines) is 1. The molecule has 1 aliphatic rings. The molecule has 0 bridgehead atoms. The van der Waals surface area contributed by atoms with Gasteiger partial charge in [-0.1, -0.05) is 44.2 Å². The Morgan fingerprint density at radius 2 is 1.85 bits per heavy atom. The predicted octanol–water partition coefficient (Wildman–Crippen LogP) is 3.26. The number of hydrogen-bond acceptors (Lipinski definition) is 3. The molecular weight excluding hydrogens is 254 g/mol. The van der Waals surface area contributed by atoms with Crippen molar-refractivity contribution in [2.75, 3.05) is 13.1 Å². The van der Waals surface area contributed by atoms with E-state index in [1.165, 1.54) is 0 Å². The Morgan fingerprint density at radius 3 is 2.40 bits per heavy atom. The molecule has 1 fully saturated rings. The highest BCUT2D eigenvalue weighted by Crippen LogP contribution is 2.16. The molecule has 4 heteroatoms. The number of carbonyl (C=O) groups excluding carboxylic acids is 2. The van der Waals surface area contributed by atoms with Crippen LogP contribution in [-0.4, -0.2) is 30.4 Å². The zero-order valence-electron chi connectivity index (χ0n) is 12.2. The van der Waals surface area contributed by atoms with Gasteiger partial charge in [0.15, 0.2) is 0 Å². The molecular formula is C16H23NO3. The molecule has 0 unspecified atom stereocenters. The Bertz CT molecular complexity index is 397. The number of piperidine rings is 1. The quantitative estimate of drug-likeness (QED) is 0.797. The molecule has 2 rings (SSSR count). The molecule has 110 valence electrons. The third-order valence-corrected chi connectivity index (χ3v) is 3.20. The number of hydrogen-bond donors (Lipinski definition) is 0. The van der Waals surface area contributed by atoms with Crippen LogP contribution < -0.4 is 0 Å². The molecule has 1 aromatic rings. The number of ether oxygens (including phenoxy) is 1. The first-order valence-corrected chi connectivity index (χ1v) is 7.20. The lowest BCUT2D eigenvalue weighted by molar-refractivity contribution is -0.112. The first-order valence-electron chi connectivity index (χ1n) is 7.20. The molecule has 0 spiro atoms. The summed E-state index contributed by atoms with van der Waals surface area (Å²) in [5.74, 6) is 0.100. The molecule has 0 aliphatic carbocycles. The molecule has 1 aliphatic heterocycles. The summed E-state index contributed by atoms with van der Waals surface area (Å²) in [6, 6.07) is 9.60. The fourth-order valence-electron chi connectivity index (χ4n) is 2.03. The van der Waals surface area contributed by atoms with Gasteiger partial charge in [-0.2, -0.15) is 0 Å². The fraction of sp³-hybridized carbons (Fsp3) is 0.500. The van der Waals surface area contributed by atoms with E-state index in [1.54, 1.807) is 4.90 Å². The van der Waals surface area contributed by atoms with Crippen LogP contribution in [0.4, 0.5) is 4.79 Å². The Labute approximate surface area is 120 Å². The molecule has 0 N–H and O–H groups in total. The van der Waals surface area contributed by atoms with E-state index in [2.05, 4.69) is 0 Å². The molecule has 1 saturated heterocycles. The minimum absolute atomic E-state index is 0.100. The molecule has 20 heavy (non-hydrogen) atoms. The summed E-state index contributed by atoms with van der Waals surface area (Å²) in [4.78, 5) is 24.1. The minimum Gasteiger partial charge on any atom is -0.445 e. The lowest BCUT2D eigenvalue weighted by atomic mass is 9.99. The van der Waals surface area contributed by atoms with Crippen molar-refractivity contribution in [3.05, 3.63) is 35.9 Å². The summed E-state index contributed by atoms with van der Waals surface area (Å²) in [7, 11) is 0. The van der Waals surface area contributed by atoms with Crippen LogP contribution in [0.15, 0.2) is 30.3 Å². The van der Waals surface area contributed by atoms with Crippen molar-refractivity contribution in [1.29, 1.82) is 0 Å². The van der Waals surface area contributed by atoms with E-state index >= 15 is 0 Å². The van der Waals surface area contributed by atoms with E-state index in [1.807, 2.05) is 44.2 Å². The van der Waals surface area contributed by atoms with Crippen LogP contribution in [0.1, 0.15) is 32.3 Å². The van der Waals surface area contributed by atoms with Gasteiger partial charge in [0.05, 0.1) is 0 Å². The highest BCUT2D eigenvalue weighted by atomic mass is 16.6. The van der Waals surface area contributed by atoms with Crippen molar-refractivity contribution < 1.29 is 14.3 Å². The van der Waals surface area contributed by atoms with Crippen molar-refractivity contribution in [3.63, 3.8) is 0 Å². The van der Waals surface area contributed by atoms with Gasteiger partial charge in [-0.05, 0) is 18.4 Å². The second kappa shape index (κ2) is 9.13. The van der Waals surface area contributed by atoms with Crippen LogP contribution >= 0.6 is 0 Å². The highest BCUT2D eigenvalue weighted by Gasteiger charge is 2.23. The van der Waals surface area contributed by atoms with Crippen molar-refractivity contribution >= 4 is 12.4 Å². The Kier molecular flexibility index (Phi) is 7.40. The highest BCUT2D eigenvalue weighted by molar-refractivity contribution is 5.68. The van der Waals surface area contributed by atoms with Gasteiger partial charge in [0, 0.05) is 19.0 Å². The number of rotatable bonds is 3. The monoisotopic (exact) mass is 277 g/mol. The van der Waals surface area contributed by atoms with E-state index in [-0.39, 0.29) is 12.0 Å². The molecule has 1 amide bonds. The van der Waals surface area contributed by atoms with E-state index < -0.39 is 0 Å². The lowest BCUT2D eigenvalue weighted by Gasteiger charge is -2.28. The lowest BCUT2D eigenvalue weighted by Crippen LogP contribution is -2.39. The molecule has 1 aromatic carbocycles. The van der Waals surface area contributed by atoms with Crippen LogP contribution in [0.5, 0.6) is 0 Å². The zero-order valence-corrected chi connectivity index (χ0v) is 12.2. The maximum atomic E-state index is 11.8. The second-order valence-corrected chi connectivity index (χ2v) is 4.50. The summed E-state index contributed by atoms with van der Waals surface area (Å²) < 4.78 is 5.24. The minimum atomic E-state index is -0.289. The first-order chi connectivity index (χ1) is 9.79. The molecule has 1 heterocycles. The van der Waals surface area contributed by atoms with Crippen molar-refractivity contribution in [2.45, 2.75) is 33.3 Å². The third kappa shape index (κ3) is 5.03. The Morgan fingerprint density at radius 1 is 1.25 bits per heavy atom. The number of nitrogens with zero attached hydrogens (tertiary/aromatic N) is 1. The summed E-state index contributed by atoms with van der Waals surface area (Å²) in [5.41, 5.74) is 0.980. The van der Waals surface area contributed by atoms with Gasteiger partial charge < -0.3 is 14.4 Å². The van der Waals surface area contributed by atoms with Gasteiger partial charge in [0.25, 0.3) is 0 Å². The fourth-order valence-corrected chi connectivity index (χ4v) is 2.03. The van der Waals surface area contributed by atoms with Crippen LogP contribution in [0.2, 0.25) is 0 Å². The van der Waals surface area contributed by atoms with Gasteiger partial charge in [0.1, 0.15) is 12.9 Å². The van der Waals surface area contributed by atoms with Crippen LogP contribution in [0.3, 0.4) is 0 Å². The summed E-state index contributed by atoms with van der Waals surface area (Å²) >= 11 is 0. The van der Waals surface area contributed by atoms with Crippen molar-refractivity contribution in [1.82, 2.24) is 4.90 Å². The van der Waals surface area contributed by atoms with Gasteiger partial charge in [-0.25, -0.2) is 4.79 Å². The summed E-state index contributed by atoms with van der Waals surface area (Å²) in [5, 5.41) is 0.